The summed E-state index contributed by atoms with van der Waals surface area (Å²) >= 11 is 0. The number of nitrogens with one attached hydrogen (secondary N) is 1. The van der Waals surface area contributed by atoms with Gasteiger partial charge in [-0.15, -0.1) is 0 Å². The summed E-state index contributed by atoms with van der Waals surface area (Å²) < 4.78 is 18.9. The fraction of sp³-hybridized carbons (Fsp3) is 0.448. The van der Waals surface area contributed by atoms with Crippen molar-refractivity contribution in [3.05, 3.63) is 65.5 Å². The van der Waals surface area contributed by atoms with Crippen LogP contribution in [-0.2, 0) is 32.0 Å². The zero-order chi connectivity index (χ0) is 28.5. The number of halogens is 1. The van der Waals surface area contributed by atoms with Crippen LogP contribution in [0.1, 0.15) is 44.2 Å². The van der Waals surface area contributed by atoms with Gasteiger partial charge in [-0.1, -0.05) is 24.3 Å². The second-order valence-corrected chi connectivity index (χ2v) is 9.91. The molecule has 210 valence electrons. The highest BCUT2D eigenvalue weighted by Gasteiger charge is 2.41. The number of carbonyl (C=O) groups excluding carboxylic acids is 4. The molecule has 1 saturated heterocycles. The molecule has 0 saturated carbocycles. The smallest absolute Gasteiger partial charge is 0.246 e. The first-order valence-corrected chi connectivity index (χ1v) is 13.2. The van der Waals surface area contributed by atoms with Crippen molar-refractivity contribution < 1.29 is 28.3 Å². The minimum Gasteiger partial charge on any atom is -0.491 e. The summed E-state index contributed by atoms with van der Waals surface area (Å²) in [6, 6.07) is 11.6. The molecule has 2 atom stereocenters. The molecule has 2 aromatic rings. The molecule has 1 fully saturated rings. The van der Waals surface area contributed by atoms with Crippen molar-refractivity contribution in [1.82, 2.24) is 15.1 Å². The molecule has 39 heavy (non-hydrogen) atoms. The molecule has 1 heterocycles. The van der Waals surface area contributed by atoms with Crippen molar-refractivity contribution in [1.29, 1.82) is 0 Å². The molecule has 1 aliphatic heterocycles. The fourth-order valence-electron chi connectivity index (χ4n) is 4.73. The van der Waals surface area contributed by atoms with Crippen LogP contribution in [-0.4, -0.2) is 71.8 Å². The third-order valence-corrected chi connectivity index (χ3v) is 6.70. The Bertz CT molecular complexity index is 1150. The van der Waals surface area contributed by atoms with Crippen LogP contribution >= 0.6 is 0 Å². The third kappa shape index (κ3) is 8.27. The molecule has 10 heteroatoms. The van der Waals surface area contributed by atoms with Crippen LogP contribution in [0.15, 0.2) is 48.5 Å². The molecule has 0 radical (unpaired) electrons. The molecule has 0 aromatic heterocycles. The van der Waals surface area contributed by atoms with E-state index < -0.39 is 23.9 Å². The van der Waals surface area contributed by atoms with Crippen molar-refractivity contribution in [2.75, 3.05) is 20.1 Å². The van der Waals surface area contributed by atoms with Crippen molar-refractivity contribution in [3.63, 3.8) is 0 Å². The van der Waals surface area contributed by atoms with Gasteiger partial charge in [0.15, 0.2) is 0 Å². The lowest BCUT2D eigenvalue weighted by atomic mass is 9.98. The van der Waals surface area contributed by atoms with E-state index in [1.165, 1.54) is 29.0 Å². The largest absolute Gasteiger partial charge is 0.491 e. The van der Waals surface area contributed by atoms with Gasteiger partial charge in [-0.05, 0) is 62.1 Å². The molecule has 3 N–H and O–H groups in total. The van der Waals surface area contributed by atoms with Crippen molar-refractivity contribution in [3.8, 4) is 5.75 Å². The number of aryl methyl sites for hydroxylation is 1. The van der Waals surface area contributed by atoms with E-state index in [0.717, 1.165) is 11.1 Å². The summed E-state index contributed by atoms with van der Waals surface area (Å²) in [5.41, 5.74) is 7.01. The average molecular weight is 541 g/mol. The highest BCUT2D eigenvalue weighted by Crippen LogP contribution is 2.23. The highest BCUT2D eigenvalue weighted by molar-refractivity contribution is 5.93. The predicted molar refractivity (Wildman–Crippen MR) is 144 cm³/mol. The molecular formula is C29H37FN4O5. The van der Waals surface area contributed by atoms with Gasteiger partial charge >= 0.3 is 0 Å². The van der Waals surface area contributed by atoms with E-state index in [4.69, 9.17) is 10.5 Å². The minimum atomic E-state index is -0.916. The molecule has 1 aliphatic rings. The molecule has 0 bridgehead atoms. The Labute approximate surface area is 228 Å². The number of piperazine rings is 1. The van der Waals surface area contributed by atoms with Crippen molar-refractivity contribution in [2.24, 2.45) is 5.73 Å². The highest BCUT2D eigenvalue weighted by atomic mass is 19.1. The number of hydrogen-bond acceptors (Lipinski definition) is 5. The molecule has 4 amide bonds. The molecule has 9 nitrogen and oxygen atoms in total. The SMILES string of the molecule is CNC(=O)C(Cc1ccc(OC(C)C)cc1)N1CCN(C(=O)CCc2ccc(F)cc2)C(CCC(N)=O)C1=O. The van der Waals surface area contributed by atoms with E-state index in [2.05, 4.69) is 5.32 Å². The second-order valence-electron chi connectivity index (χ2n) is 9.91. The maximum absolute atomic E-state index is 13.7. The Hall–Kier alpha value is -3.95. The van der Waals surface area contributed by atoms with E-state index >= 15 is 0 Å². The van der Waals surface area contributed by atoms with E-state index in [1.807, 2.05) is 38.1 Å². The first-order chi connectivity index (χ1) is 18.6. The molecule has 2 unspecified atom stereocenters. The van der Waals surface area contributed by atoms with Crippen LogP contribution < -0.4 is 15.8 Å². The monoisotopic (exact) mass is 540 g/mol. The normalized spacial score (nSPS) is 16.2. The van der Waals surface area contributed by atoms with Gasteiger partial charge < -0.3 is 25.6 Å². The molecule has 0 spiro atoms. The van der Waals surface area contributed by atoms with Gasteiger partial charge in [0.1, 0.15) is 23.7 Å². The average Bonchev–Trinajstić information content (AvgIpc) is 2.90. The van der Waals surface area contributed by atoms with Crippen LogP contribution in [0.4, 0.5) is 4.39 Å². The number of primary amides is 1. The topological polar surface area (TPSA) is 122 Å². The Morgan fingerprint density at radius 2 is 1.67 bits per heavy atom. The van der Waals surface area contributed by atoms with Gasteiger partial charge in [0.05, 0.1) is 6.10 Å². The summed E-state index contributed by atoms with van der Waals surface area (Å²) in [6.45, 7) is 4.25. The second kappa shape index (κ2) is 13.7. The first-order valence-electron chi connectivity index (χ1n) is 13.2. The van der Waals surface area contributed by atoms with Crippen LogP contribution in [0, 0.1) is 5.82 Å². The summed E-state index contributed by atoms with van der Waals surface area (Å²) in [7, 11) is 1.51. The summed E-state index contributed by atoms with van der Waals surface area (Å²) in [6.07, 6.45) is 0.791. The van der Waals surface area contributed by atoms with Crippen molar-refractivity contribution in [2.45, 2.75) is 64.1 Å². The van der Waals surface area contributed by atoms with Crippen LogP contribution in [0.3, 0.4) is 0 Å². The third-order valence-electron chi connectivity index (χ3n) is 6.70. The molecule has 0 aliphatic carbocycles. The summed E-state index contributed by atoms with van der Waals surface area (Å²) in [5.74, 6) is -1.20. The molecule has 3 rings (SSSR count). The van der Waals surface area contributed by atoms with E-state index in [1.54, 1.807) is 12.1 Å². The number of nitrogens with two attached hydrogens (primary N) is 1. The van der Waals surface area contributed by atoms with E-state index in [-0.39, 0.29) is 62.5 Å². The lowest BCUT2D eigenvalue weighted by Crippen LogP contribution is -2.63. The number of rotatable bonds is 12. The zero-order valence-corrected chi connectivity index (χ0v) is 22.7. The lowest BCUT2D eigenvalue weighted by molar-refractivity contribution is -0.156. The number of carbonyl (C=O) groups is 4. The Morgan fingerprint density at radius 1 is 1.03 bits per heavy atom. The van der Waals surface area contributed by atoms with Gasteiger partial charge in [-0.2, -0.15) is 0 Å². The Balaban J connectivity index is 1.77. The van der Waals surface area contributed by atoms with Gasteiger partial charge in [-0.3, -0.25) is 19.2 Å². The standard InChI is InChI=1S/C29H37FN4O5/c1-19(2)39-23-11-6-21(7-12-23)18-25(28(37)32-3)34-17-16-33(24(29(34)38)13-14-26(31)35)27(36)15-8-20-4-9-22(30)10-5-20/h4-7,9-12,19,24-25H,8,13-18H2,1-3H3,(H2,31,35)(H,32,37). The predicted octanol–water partition coefficient (Wildman–Crippen LogP) is 2.21. The number of hydrogen-bond donors (Lipinski definition) is 2. The number of nitrogens with zero attached hydrogens (tertiary/aromatic N) is 2. The quantitative estimate of drug-likeness (QED) is 0.428. The zero-order valence-electron chi connectivity index (χ0n) is 22.7. The van der Waals surface area contributed by atoms with E-state index in [0.29, 0.717) is 12.2 Å². The summed E-state index contributed by atoms with van der Waals surface area (Å²) in [5, 5.41) is 2.64. The van der Waals surface area contributed by atoms with Crippen molar-refractivity contribution >= 4 is 23.6 Å². The number of benzene rings is 2. The Morgan fingerprint density at radius 3 is 2.26 bits per heavy atom. The van der Waals surface area contributed by atoms with Gasteiger partial charge in [0.2, 0.25) is 23.6 Å². The summed E-state index contributed by atoms with van der Waals surface area (Å²) in [4.78, 5) is 54.4. The lowest BCUT2D eigenvalue weighted by Gasteiger charge is -2.43. The van der Waals surface area contributed by atoms with Crippen LogP contribution in [0.25, 0.3) is 0 Å². The van der Waals surface area contributed by atoms with Crippen LogP contribution in [0.5, 0.6) is 5.75 Å². The first kappa shape index (κ1) is 29.6. The number of ether oxygens (including phenoxy) is 1. The fourth-order valence-corrected chi connectivity index (χ4v) is 4.73. The Kier molecular flexibility index (Phi) is 10.4. The maximum Gasteiger partial charge on any atom is 0.246 e. The molecule has 2 aromatic carbocycles. The number of likely N-dealkylation sites (N-methyl/N-ethyl adjacent to an activating group) is 1. The van der Waals surface area contributed by atoms with Gasteiger partial charge in [0.25, 0.3) is 0 Å². The maximum atomic E-state index is 13.7. The van der Waals surface area contributed by atoms with E-state index in [9.17, 15) is 23.6 Å². The van der Waals surface area contributed by atoms with Gasteiger partial charge in [0, 0.05) is 39.4 Å². The number of amides is 4. The van der Waals surface area contributed by atoms with Gasteiger partial charge in [-0.25, -0.2) is 4.39 Å². The molecular weight excluding hydrogens is 503 g/mol. The minimum absolute atomic E-state index is 0.0270. The van der Waals surface area contributed by atoms with Crippen LogP contribution in [0.2, 0.25) is 0 Å².